The van der Waals surface area contributed by atoms with Crippen molar-refractivity contribution >= 4 is 55.2 Å². The molecule has 4 aromatic rings. The number of hydrogen-bond acceptors (Lipinski definition) is 8. The molecule has 0 amide bonds. The molecule has 0 bridgehead atoms. The molecule has 0 spiro atoms. The van der Waals surface area contributed by atoms with Gasteiger partial charge in [0.25, 0.3) is 5.56 Å². The number of esters is 1. The van der Waals surface area contributed by atoms with Crippen LogP contribution in [-0.2, 0) is 16.1 Å². The van der Waals surface area contributed by atoms with Crippen molar-refractivity contribution in [3.8, 4) is 17.6 Å². The van der Waals surface area contributed by atoms with Gasteiger partial charge in [-0.15, -0.1) is 0 Å². The monoisotopic (exact) mass is 735 g/mol. The Morgan fingerprint density at radius 1 is 1.11 bits per heavy atom. The number of halogens is 2. The molecule has 11 heteroatoms. The zero-order valence-electron chi connectivity index (χ0n) is 24.3. The molecule has 44 heavy (non-hydrogen) atoms. The summed E-state index contributed by atoms with van der Waals surface area (Å²) in [7, 11) is 1.54. The lowest BCUT2D eigenvalue weighted by Crippen LogP contribution is -2.40. The fourth-order valence-electron chi connectivity index (χ4n) is 4.89. The van der Waals surface area contributed by atoms with Crippen LogP contribution < -0.4 is 24.4 Å². The van der Waals surface area contributed by atoms with Crippen molar-refractivity contribution in [3.05, 3.63) is 123 Å². The van der Waals surface area contributed by atoms with E-state index in [1.807, 2.05) is 36.4 Å². The minimum Gasteiger partial charge on any atom is -0.496 e. The lowest BCUT2D eigenvalue weighted by atomic mass is 9.95. The van der Waals surface area contributed by atoms with Gasteiger partial charge in [-0.05, 0) is 69.3 Å². The topological polar surface area (TPSA) is 103 Å². The van der Waals surface area contributed by atoms with Gasteiger partial charge in [0.15, 0.2) is 4.80 Å². The first kappa shape index (κ1) is 31.4. The van der Waals surface area contributed by atoms with E-state index in [2.05, 4.69) is 42.9 Å². The normalized spacial score (nSPS) is 14.6. The Bertz CT molecular complexity index is 2020. The largest absolute Gasteiger partial charge is 0.496 e. The zero-order valence-corrected chi connectivity index (χ0v) is 28.2. The van der Waals surface area contributed by atoms with E-state index in [0.717, 1.165) is 14.5 Å². The van der Waals surface area contributed by atoms with Gasteiger partial charge in [0.05, 0.1) is 40.6 Å². The maximum absolute atomic E-state index is 14.2. The van der Waals surface area contributed by atoms with Gasteiger partial charge < -0.3 is 14.2 Å². The summed E-state index contributed by atoms with van der Waals surface area (Å²) in [5.41, 5.74) is 2.94. The second-order valence-corrected chi connectivity index (χ2v) is 13.0. The summed E-state index contributed by atoms with van der Waals surface area (Å²) < 4.78 is 20.9. The van der Waals surface area contributed by atoms with E-state index in [-0.39, 0.29) is 23.8 Å². The summed E-state index contributed by atoms with van der Waals surface area (Å²) >= 11 is 8.27. The number of aromatic nitrogens is 1. The molecule has 8 nitrogen and oxygen atoms in total. The number of rotatable bonds is 8. The molecule has 5 rings (SSSR count). The van der Waals surface area contributed by atoms with E-state index < -0.39 is 12.0 Å². The highest BCUT2D eigenvalue weighted by atomic mass is 79.9. The molecule has 0 fully saturated rings. The van der Waals surface area contributed by atoms with E-state index >= 15 is 0 Å². The van der Waals surface area contributed by atoms with Crippen LogP contribution in [0.5, 0.6) is 11.5 Å². The van der Waals surface area contributed by atoms with Crippen LogP contribution in [0.1, 0.15) is 49.1 Å². The van der Waals surface area contributed by atoms with Crippen LogP contribution in [0.2, 0.25) is 0 Å². The van der Waals surface area contributed by atoms with E-state index in [1.165, 1.54) is 15.9 Å². The molecule has 0 aliphatic carbocycles. The van der Waals surface area contributed by atoms with Crippen LogP contribution in [0.15, 0.2) is 90.7 Å². The van der Waals surface area contributed by atoms with Gasteiger partial charge >= 0.3 is 5.97 Å². The van der Waals surface area contributed by atoms with Gasteiger partial charge in [0.2, 0.25) is 0 Å². The number of methoxy groups -OCH3 is 1. The number of carbonyl (C=O) groups excluding carboxylic acids is 1. The first-order chi connectivity index (χ1) is 21.1. The summed E-state index contributed by atoms with van der Waals surface area (Å²) in [5, 5.41) is 9.47. The summed E-state index contributed by atoms with van der Waals surface area (Å²) in [6.45, 7) is 5.46. The van der Waals surface area contributed by atoms with Crippen molar-refractivity contribution in [3.63, 3.8) is 0 Å². The van der Waals surface area contributed by atoms with Crippen LogP contribution in [0.3, 0.4) is 0 Å². The zero-order chi connectivity index (χ0) is 31.5. The van der Waals surface area contributed by atoms with Crippen molar-refractivity contribution in [2.24, 2.45) is 4.99 Å². The number of fused-ring (bicyclic) bond motifs is 1. The standard InChI is InChI=1S/C33H27Br2N3O5S/c1-18(2)43-32(40)29-19(3)37-33-38(30(29)25-15-24(35)10-12-27(25)41-4)31(39)28(44-33)14-22-13-23(34)9-11-26(22)42-17-21-8-6-5-7-20(21)16-36/h5-15,18,30H,17H2,1-4H3/b28-14-/t30-/m1/s1. The minimum atomic E-state index is -0.840. The Balaban J connectivity index is 1.66. The van der Waals surface area contributed by atoms with Crippen LogP contribution in [-0.4, -0.2) is 23.8 Å². The van der Waals surface area contributed by atoms with E-state index in [4.69, 9.17) is 14.2 Å². The third kappa shape index (κ3) is 6.43. The molecule has 0 N–H and O–H groups in total. The van der Waals surface area contributed by atoms with Crippen molar-refractivity contribution < 1.29 is 19.0 Å². The van der Waals surface area contributed by atoms with Gasteiger partial charge in [-0.2, -0.15) is 5.26 Å². The Labute approximate surface area is 274 Å². The van der Waals surface area contributed by atoms with Gasteiger partial charge in [-0.1, -0.05) is 61.4 Å². The molecule has 1 aliphatic heterocycles. The number of thiazole rings is 1. The van der Waals surface area contributed by atoms with Crippen molar-refractivity contribution in [1.29, 1.82) is 5.26 Å². The molecule has 1 aliphatic rings. The van der Waals surface area contributed by atoms with Gasteiger partial charge in [-0.3, -0.25) is 9.36 Å². The summed E-state index contributed by atoms with van der Waals surface area (Å²) in [6.07, 6.45) is 1.38. The fourth-order valence-corrected chi connectivity index (χ4v) is 6.68. The second-order valence-electron chi connectivity index (χ2n) is 10.2. The van der Waals surface area contributed by atoms with E-state index in [0.29, 0.717) is 43.2 Å². The summed E-state index contributed by atoms with van der Waals surface area (Å²) in [4.78, 5) is 32.8. The molecule has 3 aromatic carbocycles. The van der Waals surface area contributed by atoms with Crippen molar-refractivity contribution in [2.45, 2.75) is 39.5 Å². The molecule has 1 atom stereocenters. The molecule has 2 heterocycles. The number of ether oxygens (including phenoxy) is 3. The Morgan fingerprint density at radius 2 is 1.82 bits per heavy atom. The highest BCUT2D eigenvalue weighted by Gasteiger charge is 2.35. The molecule has 0 unspecified atom stereocenters. The average molecular weight is 737 g/mol. The maximum atomic E-state index is 14.2. The highest BCUT2D eigenvalue weighted by Crippen LogP contribution is 2.37. The lowest BCUT2D eigenvalue weighted by molar-refractivity contribution is -0.143. The van der Waals surface area contributed by atoms with Gasteiger partial charge in [0.1, 0.15) is 24.1 Å². The molecule has 224 valence electrons. The van der Waals surface area contributed by atoms with Gasteiger partial charge in [-0.25, -0.2) is 9.79 Å². The van der Waals surface area contributed by atoms with Gasteiger partial charge in [0, 0.05) is 25.6 Å². The number of nitriles is 1. The molecule has 0 radical (unpaired) electrons. The predicted octanol–water partition coefficient (Wildman–Crippen LogP) is 6.17. The Kier molecular flexibility index (Phi) is 9.53. The third-order valence-electron chi connectivity index (χ3n) is 6.85. The molecule has 0 saturated carbocycles. The Hall–Kier alpha value is -3.98. The molecular formula is C33H27Br2N3O5S. The minimum absolute atomic E-state index is 0.177. The summed E-state index contributed by atoms with van der Waals surface area (Å²) in [5.74, 6) is 0.495. The second kappa shape index (κ2) is 13.3. The quantitative estimate of drug-likeness (QED) is 0.201. The smallest absolute Gasteiger partial charge is 0.338 e. The van der Waals surface area contributed by atoms with E-state index in [9.17, 15) is 14.9 Å². The van der Waals surface area contributed by atoms with Crippen LogP contribution >= 0.6 is 43.2 Å². The van der Waals surface area contributed by atoms with Crippen molar-refractivity contribution in [1.82, 2.24) is 4.57 Å². The maximum Gasteiger partial charge on any atom is 0.338 e. The number of benzene rings is 3. The summed E-state index contributed by atoms with van der Waals surface area (Å²) in [6, 6.07) is 19.6. The molecule has 1 aromatic heterocycles. The third-order valence-corrected chi connectivity index (χ3v) is 8.82. The van der Waals surface area contributed by atoms with Crippen LogP contribution in [0, 0.1) is 11.3 Å². The van der Waals surface area contributed by atoms with Crippen LogP contribution in [0.25, 0.3) is 6.08 Å². The lowest BCUT2D eigenvalue weighted by Gasteiger charge is -2.26. The average Bonchev–Trinajstić information content (AvgIpc) is 3.29. The van der Waals surface area contributed by atoms with Crippen molar-refractivity contribution in [2.75, 3.05) is 7.11 Å². The number of nitrogens with zero attached hydrogens (tertiary/aromatic N) is 3. The SMILES string of the molecule is COc1ccc(Br)cc1[C@@H]1C(C(=O)OC(C)C)=C(C)N=c2s/c(=C\c3cc(Br)ccc3OCc3ccccc3C#N)c(=O)n21. The fraction of sp³-hybridized carbons (Fsp3) is 0.212. The first-order valence-electron chi connectivity index (χ1n) is 13.6. The van der Waals surface area contributed by atoms with Crippen LogP contribution in [0.4, 0.5) is 0 Å². The highest BCUT2D eigenvalue weighted by molar-refractivity contribution is 9.10. The van der Waals surface area contributed by atoms with E-state index in [1.54, 1.807) is 58.2 Å². The Morgan fingerprint density at radius 3 is 2.52 bits per heavy atom. The number of allylic oxidation sites excluding steroid dienone is 1. The molecular weight excluding hydrogens is 710 g/mol. The molecule has 0 saturated heterocycles. The predicted molar refractivity (Wildman–Crippen MR) is 175 cm³/mol. The number of hydrogen-bond donors (Lipinski definition) is 0. The first-order valence-corrected chi connectivity index (χ1v) is 16.0. The number of carbonyl (C=O) groups is 1.